The maximum atomic E-state index is 12.9. The molecule has 1 saturated carbocycles. The van der Waals surface area contributed by atoms with Crippen LogP contribution in [0, 0.1) is 11.8 Å². The summed E-state index contributed by atoms with van der Waals surface area (Å²) in [6.07, 6.45) is 1.20. The van der Waals surface area contributed by atoms with Crippen LogP contribution in [-0.4, -0.2) is 17.2 Å². The highest BCUT2D eigenvalue weighted by Gasteiger charge is 2.42. The number of hydrogen-bond acceptors (Lipinski definition) is 4. The lowest BCUT2D eigenvalue weighted by Gasteiger charge is -2.44. The monoisotopic (exact) mass is 432 g/mol. The molecule has 168 valence electrons. The fourth-order valence-corrected chi connectivity index (χ4v) is 4.95. The molecule has 4 nitrogen and oxygen atoms in total. The summed E-state index contributed by atoms with van der Waals surface area (Å²) < 4.78 is 11.7. The smallest absolute Gasteiger partial charge is 0.343 e. The van der Waals surface area contributed by atoms with Crippen molar-refractivity contribution in [3.05, 3.63) is 84.1 Å². The normalized spacial score (nSPS) is 22.3. The first-order valence-corrected chi connectivity index (χ1v) is 11.5. The minimum absolute atomic E-state index is 0.150. The van der Waals surface area contributed by atoms with Crippen LogP contribution in [0.3, 0.4) is 0 Å². The quantitative estimate of drug-likeness (QED) is 0.464. The van der Waals surface area contributed by atoms with Gasteiger partial charge in [0, 0.05) is 11.5 Å². The summed E-state index contributed by atoms with van der Waals surface area (Å²) in [6.45, 7) is 6.64. The van der Waals surface area contributed by atoms with Crippen LogP contribution in [0.4, 0.5) is 0 Å². The van der Waals surface area contributed by atoms with Crippen molar-refractivity contribution in [2.45, 2.75) is 57.7 Å². The van der Waals surface area contributed by atoms with Gasteiger partial charge in [-0.3, -0.25) is 0 Å². The highest BCUT2D eigenvalue weighted by atomic mass is 16.6. The predicted octanol–water partition coefficient (Wildman–Crippen LogP) is 6.31. The molecule has 0 aliphatic heterocycles. The topological polar surface area (TPSA) is 59.7 Å². The number of ether oxygens (including phenoxy) is 1. The lowest BCUT2D eigenvalue weighted by atomic mass is 9.64. The van der Waals surface area contributed by atoms with Gasteiger partial charge in [-0.05, 0) is 41.9 Å². The first kappa shape index (κ1) is 22.3. The molecule has 1 heterocycles. The molecule has 4 heteroatoms. The Balaban J connectivity index is 1.50. The van der Waals surface area contributed by atoms with Gasteiger partial charge in [0.25, 0.3) is 0 Å². The molecule has 1 N–H and O–H groups in total. The fourth-order valence-electron chi connectivity index (χ4n) is 4.95. The molecule has 0 unspecified atom stereocenters. The van der Waals surface area contributed by atoms with E-state index in [0.29, 0.717) is 11.7 Å². The van der Waals surface area contributed by atoms with Crippen LogP contribution in [0.2, 0.25) is 0 Å². The molecule has 0 amide bonds. The maximum Gasteiger partial charge on any atom is 0.343 e. The van der Waals surface area contributed by atoms with Crippen LogP contribution < -0.4 is 0 Å². The molecule has 3 aromatic rings. The van der Waals surface area contributed by atoms with Crippen molar-refractivity contribution < 1.29 is 19.1 Å². The molecular formula is C28H32O4. The summed E-state index contributed by atoms with van der Waals surface area (Å²) in [5.74, 6) is 0.820. The van der Waals surface area contributed by atoms with E-state index in [0.717, 1.165) is 24.8 Å². The molecule has 32 heavy (non-hydrogen) atoms. The summed E-state index contributed by atoms with van der Waals surface area (Å²) in [5.41, 5.74) is 1.98. The number of aliphatic hydroxyl groups is 1. The van der Waals surface area contributed by atoms with Crippen molar-refractivity contribution in [1.82, 2.24) is 0 Å². The number of hydrogen-bond donors (Lipinski definition) is 1. The number of carbonyl (C=O) groups is 1. The van der Waals surface area contributed by atoms with E-state index in [9.17, 15) is 9.90 Å². The van der Waals surface area contributed by atoms with Crippen molar-refractivity contribution in [3.8, 4) is 11.3 Å². The van der Waals surface area contributed by atoms with Crippen LogP contribution in [0.15, 0.2) is 77.2 Å². The number of carbonyl (C=O) groups excluding carboxylic acids is 1. The summed E-state index contributed by atoms with van der Waals surface area (Å²) in [4.78, 5) is 12.9. The summed E-state index contributed by atoms with van der Waals surface area (Å²) in [5, 5.41) is 10.7. The lowest BCUT2D eigenvalue weighted by molar-refractivity contribution is -0.167. The minimum atomic E-state index is -1.44. The van der Waals surface area contributed by atoms with Gasteiger partial charge in [-0.15, -0.1) is 0 Å². The maximum absolute atomic E-state index is 12.9. The van der Waals surface area contributed by atoms with Gasteiger partial charge in [-0.2, -0.15) is 0 Å². The number of furan rings is 1. The fraction of sp³-hybridized carbons (Fsp3) is 0.393. The van der Waals surface area contributed by atoms with Gasteiger partial charge < -0.3 is 14.3 Å². The third-order valence-corrected chi connectivity index (χ3v) is 6.94. The molecule has 0 saturated heterocycles. The second kappa shape index (κ2) is 9.33. The van der Waals surface area contributed by atoms with Crippen LogP contribution in [0.1, 0.15) is 57.5 Å². The highest BCUT2D eigenvalue weighted by molar-refractivity contribution is 5.76. The molecule has 1 aliphatic carbocycles. The van der Waals surface area contributed by atoms with Crippen molar-refractivity contribution >= 4 is 5.97 Å². The first-order chi connectivity index (χ1) is 15.4. The minimum Gasteiger partial charge on any atom is -0.460 e. The number of esters is 1. The zero-order valence-corrected chi connectivity index (χ0v) is 19.0. The molecule has 4 atom stereocenters. The van der Waals surface area contributed by atoms with Gasteiger partial charge in [0.15, 0.2) is 0 Å². The third kappa shape index (κ3) is 4.66. The van der Waals surface area contributed by atoms with Crippen molar-refractivity contribution in [1.29, 1.82) is 0 Å². The number of benzene rings is 2. The highest BCUT2D eigenvalue weighted by Crippen LogP contribution is 2.44. The molecule has 0 radical (unpaired) electrons. The van der Waals surface area contributed by atoms with Gasteiger partial charge in [0.2, 0.25) is 6.10 Å². The van der Waals surface area contributed by atoms with E-state index in [4.69, 9.17) is 9.15 Å². The molecule has 1 fully saturated rings. The average Bonchev–Trinajstić information content (AvgIpc) is 3.30. The Kier molecular flexibility index (Phi) is 6.52. The van der Waals surface area contributed by atoms with Gasteiger partial charge in [0.05, 0.1) is 0 Å². The molecule has 0 spiro atoms. The lowest BCUT2D eigenvalue weighted by Crippen LogP contribution is -2.44. The predicted molar refractivity (Wildman–Crippen MR) is 125 cm³/mol. The SMILES string of the molecule is C[C@@H]1CC[C@@H](C(C)(C)c2ccccc2)[C@H](OC(=O)[C@H](O)c2ccc(-c3ccccc3)o2)C1. The standard InChI is InChI=1S/C28H32O4/c1-19-14-15-22(28(2,3)21-12-8-5-9-13-21)25(18-19)32-27(30)26(29)24-17-16-23(31-24)20-10-6-4-7-11-20/h4-13,16-17,19,22,25-26,29H,14-15,18H2,1-3H3/t19-,22-,25-,26-/m1/s1. The Morgan fingerprint density at radius 1 is 1.00 bits per heavy atom. The van der Waals surface area contributed by atoms with Crippen LogP contribution in [-0.2, 0) is 14.9 Å². The van der Waals surface area contributed by atoms with Crippen LogP contribution in [0.25, 0.3) is 11.3 Å². The first-order valence-electron chi connectivity index (χ1n) is 11.5. The van der Waals surface area contributed by atoms with Gasteiger partial charge >= 0.3 is 5.97 Å². The molecular weight excluding hydrogens is 400 g/mol. The van der Waals surface area contributed by atoms with E-state index in [2.05, 4.69) is 45.0 Å². The summed E-state index contributed by atoms with van der Waals surface area (Å²) in [6, 6.07) is 23.4. The number of aliphatic hydroxyl groups excluding tert-OH is 1. The Labute approximate surface area is 190 Å². The van der Waals surface area contributed by atoms with E-state index in [1.54, 1.807) is 12.1 Å². The van der Waals surface area contributed by atoms with Crippen LogP contribution in [0.5, 0.6) is 0 Å². The van der Waals surface area contributed by atoms with Gasteiger partial charge in [0.1, 0.15) is 17.6 Å². The van der Waals surface area contributed by atoms with E-state index in [-0.39, 0.29) is 23.2 Å². The van der Waals surface area contributed by atoms with Gasteiger partial charge in [-0.25, -0.2) is 4.79 Å². The Morgan fingerprint density at radius 2 is 1.66 bits per heavy atom. The third-order valence-electron chi connectivity index (χ3n) is 6.94. The molecule has 1 aromatic heterocycles. The second-order valence-electron chi connectivity index (χ2n) is 9.56. The molecule has 0 bridgehead atoms. The van der Waals surface area contributed by atoms with E-state index < -0.39 is 12.1 Å². The van der Waals surface area contributed by atoms with Crippen molar-refractivity contribution in [2.75, 3.05) is 0 Å². The van der Waals surface area contributed by atoms with E-state index >= 15 is 0 Å². The largest absolute Gasteiger partial charge is 0.460 e. The molecule has 4 rings (SSSR count). The zero-order valence-electron chi connectivity index (χ0n) is 19.0. The average molecular weight is 433 g/mol. The number of rotatable bonds is 6. The van der Waals surface area contributed by atoms with Crippen molar-refractivity contribution in [2.24, 2.45) is 11.8 Å². The van der Waals surface area contributed by atoms with Crippen LogP contribution >= 0.6 is 0 Å². The van der Waals surface area contributed by atoms with Crippen molar-refractivity contribution in [3.63, 3.8) is 0 Å². The summed E-state index contributed by atoms with van der Waals surface area (Å²) >= 11 is 0. The second-order valence-corrected chi connectivity index (χ2v) is 9.56. The molecule has 1 aliphatic rings. The summed E-state index contributed by atoms with van der Waals surface area (Å²) in [7, 11) is 0. The Hall–Kier alpha value is -2.85. The Morgan fingerprint density at radius 3 is 2.34 bits per heavy atom. The molecule has 2 aromatic carbocycles. The van der Waals surface area contributed by atoms with Gasteiger partial charge in [-0.1, -0.05) is 87.9 Å². The van der Waals surface area contributed by atoms with E-state index in [1.165, 1.54) is 5.56 Å². The Bertz CT molecular complexity index is 1020. The van der Waals surface area contributed by atoms with E-state index in [1.807, 2.05) is 36.4 Å². The zero-order chi connectivity index (χ0) is 22.7.